The number of para-hydroxylation sites is 2. The van der Waals surface area contributed by atoms with E-state index in [4.69, 9.17) is 4.74 Å². The van der Waals surface area contributed by atoms with Crippen LogP contribution in [0.15, 0.2) is 48.5 Å². The van der Waals surface area contributed by atoms with Gasteiger partial charge in [-0.1, -0.05) is 24.3 Å². The molecule has 0 spiro atoms. The molecule has 0 saturated heterocycles. The van der Waals surface area contributed by atoms with Crippen molar-refractivity contribution in [1.29, 1.82) is 0 Å². The highest BCUT2D eigenvalue weighted by atomic mass is 16.6. The minimum Gasteiger partial charge on any atom is -0.494 e. The number of anilines is 1. The van der Waals surface area contributed by atoms with Crippen LogP contribution < -0.4 is 10.1 Å². The third kappa shape index (κ3) is 5.03. The van der Waals surface area contributed by atoms with Gasteiger partial charge in [-0.2, -0.15) is 0 Å². The molecular weight excluding hydrogens is 334 g/mol. The number of carbonyl (C=O) groups is 1. The van der Waals surface area contributed by atoms with E-state index < -0.39 is 11.0 Å². The standard InChI is InChI=1S/C19H23N3O4/c1-4-26-16-11-9-15(10-12-16)13-21(3)14(2)19(23)20-17-7-5-6-8-18(17)22(24)25/h5-12,14H,4,13H2,1-3H3,(H,20,23)/t14-/m1/s1. The minimum atomic E-state index is -0.510. The summed E-state index contributed by atoms with van der Waals surface area (Å²) in [5.41, 5.74) is 1.12. The van der Waals surface area contributed by atoms with Crippen LogP contribution in [0.3, 0.4) is 0 Å². The number of nitro benzene ring substituents is 1. The van der Waals surface area contributed by atoms with E-state index >= 15 is 0 Å². The van der Waals surface area contributed by atoms with Gasteiger partial charge < -0.3 is 10.1 Å². The average Bonchev–Trinajstić information content (AvgIpc) is 2.63. The van der Waals surface area contributed by atoms with Gasteiger partial charge in [0, 0.05) is 12.6 Å². The highest BCUT2D eigenvalue weighted by molar-refractivity contribution is 5.96. The minimum absolute atomic E-state index is 0.123. The maximum atomic E-state index is 12.5. The van der Waals surface area contributed by atoms with Crippen molar-refractivity contribution in [3.63, 3.8) is 0 Å². The van der Waals surface area contributed by atoms with Gasteiger partial charge >= 0.3 is 0 Å². The molecule has 0 radical (unpaired) electrons. The summed E-state index contributed by atoms with van der Waals surface area (Å²) in [6.07, 6.45) is 0. The van der Waals surface area contributed by atoms with Gasteiger partial charge in [0.05, 0.1) is 17.6 Å². The van der Waals surface area contributed by atoms with Crippen LogP contribution in [0.4, 0.5) is 11.4 Å². The zero-order chi connectivity index (χ0) is 19.1. The molecule has 0 heterocycles. The van der Waals surface area contributed by atoms with Gasteiger partial charge in [-0.25, -0.2) is 0 Å². The molecule has 138 valence electrons. The molecule has 1 atom stereocenters. The zero-order valence-corrected chi connectivity index (χ0v) is 15.1. The molecule has 0 unspecified atom stereocenters. The molecule has 2 aromatic carbocycles. The second kappa shape index (κ2) is 8.96. The van der Waals surface area contributed by atoms with E-state index in [-0.39, 0.29) is 17.3 Å². The summed E-state index contributed by atoms with van der Waals surface area (Å²) in [6.45, 7) is 4.87. The van der Waals surface area contributed by atoms with Crippen molar-refractivity contribution in [2.24, 2.45) is 0 Å². The van der Waals surface area contributed by atoms with Crippen LogP contribution in [-0.4, -0.2) is 35.4 Å². The molecule has 7 nitrogen and oxygen atoms in total. The Morgan fingerprint density at radius 1 is 1.23 bits per heavy atom. The number of hydrogen-bond acceptors (Lipinski definition) is 5. The third-order valence-electron chi connectivity index (χ3n) is 4.07. The highest BCUT2D eigenvalue weighted by Gasteiger charge is 2.21. The first-order valence-electron chi connectivity index (χ1n) is 8.38. The predicted molar refractivity (Wildman–Crippen MR) is 100 cm³/mol. The Hall–Kier alpha value is -2.93. The van der Waals surface area contributed by atoms with E-state index in [0.29, 0.717) is 13.2 Å². The molecule has 2 aromatic rings. The van der Waals surface area contributed by atoms with Crippen LogP contribution in [-0.2, 0) is 11.3 Å². The number of amides is 1. The van der Waals surface area contributed by atoms with Crippen molar-refractivity contribution >= 4 is 17.3 Å². The number of likely N-dealkylation sites (N-methyl/N-ethyl adjacent to an activating group) is 1. The summed E-state index contributed by atoms with van der Waals surface area (Å²) < 4.78 is 5.42. The Balaban J connectivity index is 2.00. The van der Waals surface area contributed by atoms with Crippen LogP contribution in [0.25, 0.3) is 0 Å². The fourth-order valence-corrected chi connectivity index (χ4v) is 2.46. The van der Waals surface area contributed by atoms with E-state index in [1.165, 1.54) is 12.1 Å². The number of carbonyl (C=O) groups excluding carboxylic acids is 1. The molecule has 1 N–H and O–H groups in total. The Labute approximate surface area is 152 Å². The first-order valence-corrected chi connectivity index (χ1v) is 8.38. The Morgan fingerprint density at radius 2 is 1.88 bits per heavy atom. The summed E-state index contributed by atoms with van der Waals surface area (Å²) in [5.74, 6) is 0.508. The summed E-state index contributed by atoms with van der Waals surface area (Å²) in [7, 11) is 1.83. The maximum Gasteiger partial charge on any atom is 0.292 e. The van der Waals surface area contributed by atoms with Crippen LogP contribution >= 0.6 is 0 Å². The SMILES string of the molecule is CCOc1ccc(CN(C)[C@H](C)C(=O)Nc2ccccc2[N+](=O)[O-])cc1. The molecule has 0 bridgehead atoms. The van der Waals surface area contributed by atoms with Crippen LogP contribution in [0.2, 0.25) is 0 Å². The molecule has 1 amide bonds. The van der Waals surface area contributed by atoms with Gasteiger partial charge in [-0.3, -0.25) is 19.8 Å². The second-order valence-corrected chi connectivity index (χ2v) is 5.93. The maximum absolute atomic E-state index is 12.5. The van der Waals surface area contributed by atoms with Gasteiger partial charge in [0.1, 0.15) is 11.4 Å². The lowest BCUT2D eigenvalue weighted by molar-refractivity contribution is -0.383. The van der Waals surface area contributed by atoms with Crippen molar-refractivity contribution in [2.75, 3.05) is 19.0 Å². The molecule has 0 aromatic heterocycles. The number of nitrogens with one attached hydrogen (secondary N) is 1. The van der Waals surface area contributed by atoms with Gasteiger partial charge in [0.25, 0.3) is 5.69 Å². The topological polar surface area (TPSA) is 84.7 Å². The van der Waals surface area contributed by atoms with Crippen LogP contribution in [0.5, 0.6) is 5.75 Å². The van der Waals surface area contributed by atoms with Crippen molar-refractivity contribution in [1.82, 2.24) is 4.90 Å². The van der Waals surface area contributed by atoms with E-state index in [1.807, 2.05) is 43.1 Å². The fourth-order valence-electron chi connectivity index (χ4n) is 2.46. The fraction of sp³-hybridized carbons (Fsp3) is 0.316. The van der Waals surface area contributed by atoms with Crippen molar-refractivity contribution in [2.45, 2.75) is 26.4 Å². The zero-order valence-electron chi connectivity index (χ0n) is 15.1. The Bertz CT molecular complexity index is 762. The quantitative estimate of drug-likeness (QED) is 0.578. The third-order valence-corrected chi connectivity index (χ3v) is 4.07. The average molecular weight is 357 g/mol. The van der Waals surface area contributed by atoms with Gasteiger partial charge in [-0.05, 0) is 44.7 Å². The largest absolute Gasteiger partial charge is 0.494 e. The van der Waals surface area contributed by atoms with Crippen molar-refractivity contribution < 1.29 is 14.5 Å². The molecule has 0 fully saturated rings. The lowest BCUT2D eigenvalue weighted by Gasteiger charge is -2.24. The first-order chi connectivity index (χ1) is 12.4. The van der Waals surface area contributed by atoms with Gasteiger partial charge in [0.2, 0.25) is 5.91 Å². The number of benzene rings is 2. The van der Waals surface area contributed by atoms with E-state index in [0.717, 1.165) is 11.3 Å². The number of hydrogen-bond donors (Lipinski definition) is 1. The molecule has 2 rings (SSSR count). The van der Waals surface area contributed by atoms with E-state index in [1.54, 1.807) is 19.1 Å². The number of nitrogens with zero attached hydrogens (tertiary/aromatic N) is 2. The Kier molecular flexibility index (Phi) is 6.68. The molecule has 0 aliphatic rings. The Morgan fingerprint density at radius 3 is 2.50 bits per heavy atom. The summed E-state index contributed by atoms with van der Waals surface area (Å²) in [4.78, 5) is 24.9. The van der Waals surface area contributed by atoms with Crippen molar-refractivity contribution in [3.8, 4) is 5.75 Å². The summed E-state index contributed by atoms with van der Waals surface area (Å²) in [6, 6.07) is 13.3. The van der Waals surface area contributed by atoms with Crippen LogP contribution in [0.1, 0.15) is 19.4 Å². The molecule has 7 heteroatoms. The van der Waals surface area contributed by atoms with Crippen LogP contribution in [0, 0.1) is 10.1 Å². The molecule has 0 saturated carbocycles. The van der Waals surface area contributed by atoms with E-state index in [9.17, 15) is 14.9 Å². The number of rotatable bonds is 8. The lowest BCUT2D eigenvalue weighted by atomic mass is 10.1. The molecule has 0 aliphatic carbocycles. The van der Waals surface area contributed by atoms with Gasteiger partial charge in [-0.15, -0.1) is 0 Å². The molecule has 26 heavy (non-hydrogen) atoms. The lowest BCUT2D eigenvalue weighted by Crippen LogP contribution is -2.39. The van der Waals surface area contributed by atoms with Crippen molar-refractivity contribution in [3.05, 3.63) is 64.2 Å². The monoisotopic (exact) mass is 357 g/mol. The summed E-state index contributed by atoms with van der Waals surface area (Å²) in [5, 5.41) is 13.7. The normalized spacial score (nSPS) is 11.8. The second-order valence-electron chi connectivity index (χ2n) is 5.93. The predicted octanol–water partition coefficient (Wildman–Crippen LogP) is 3.45. The number of ether oxygens (including phenoxy) is 1. The smallest absolute Gasteiger partial charge is 0.292 e. The number of nitro groups is 1. The summed E-state index contributed by atoms with van der Waals surface area (Å²) >= 11 is 0. The first kappa shape index (κ1) is 19.4. The van der Waals surface area contributed by atoms with E-state index in [2.05, 4.69) is 5.32 Å². The molecular formula is C19H23N3O4. The van der Waals surface area contributed by atoms with Gasteiger partial charge in [0.15, 0.2) is 0 Å². The molecule has 0 aliphatic heterocycles. The highest BCUT2D eigenvalue weighted by Crippen LogP contribution is 2.23.